The van der Waals surface area contributed by atoms with Crippen molar-refractivity contribution in [3.63, 3.8) is 0 Å². The van der Waals surface area contributed by atoms with Gasteiger partial charge < -0.3 is 14.4 Å². The van der Waals surface area contributed by atoms with Crippen LogP contribution in [0.5, 0.6) is 5.75 Å². The van der Waals surface area contributed by atoms with Crippen LogP contribution in [0.15, 0.2) is 102 Å². The molecule has 4 N–H and O–H groups in total. The number of amidine groups is 1. The molecule has 0 aliphatic heterocycles. The van der Waals surface area contributed by atoms with Crippen LogP contribution in [-0.2, 0) is 21.3 Å². The Balaban J connectivity index is 1.34. The van der Waals surface area contributed by atoms with E-state index in [4.69, 9.17) is 20.0 Å². The van der Waals surface area contributed by atoms with E-state index in [1.54, 1.807) is 105 Å². The number of aromatic nitrogens is 1. The van der Waals surface area contributed by atoms with Gasteiger partial charge in [0.1, 0.15) is 17.7 Å². The van der Waals surface area contributed by atoms with Gasteiger partial charge in [0.2, 0.25) is 10.0 Å². The van der Waals surface area contributed by atoms with Crippen LogP contribution in [0.3, 0.4) is 0 Å². The Bertz CT molecular complexity index is 1700. The van der Waals surface area contributed by atoms with Gasteiger partial charge in [0.25, 0.3) is 0 Å². The van der Waals surface area contributed by atoms with Gasteiger partial charge in [-0.15, -0.1) is 0 Å². The summed E-state index contributed by atoms with van der Waals surface area (Å²) >= 11 is 0. The second-order valence-electron chi connectivity index (χ2n) is 9.29. The van der Waals surface area contributed by atoms with Gasteiger partial charge in [-0.25, -0.2) is 23.1 Å². The zero-order valence-electron chi connectivity index (χ0n) is 22.9. The van der Waals surface area contributed by atoms with E-state index in [1.807, 2.05) is 0 Å². The van der Waals surface area contributed by atoms with Crippen LogP contribution in [0, 0.1) is 5.41 Å². The Morgan fingerprint density at radius 2 is 1.71 bits per heavy atom. The number of pyridine rings is 1. The second-order valence-corrected chi connectivity index (χ2v) is 10.8. The molecule has 0 saturated heterocycles. The van der Waals surface area contributed by atoms with Crippen molar-refractivity contribution in [3.8, 4) is 16.9 Å². The molecule has 1 unspecified atom stereocenters. The molecule has 2 amide bonds. The molecule has 0 saturated carbocycles. The number of hydrogen-bond acceptors (Lipinski definition) is 8. The number of nitrogens with one attached hydrogen (secondary N) is 2. The standard InChI is InChI=1S/C30H29N5O6S/c1-20(26-11-5-6-17-33-26)40-29(36)34-28(31)23-9-7-8-21(18-23)19-35(2)30(37)41-24-15-13-22(14-16-24)25-10-3-4-12-27(25)42(32,38)39/h3-18,20H,19H2,1-2H3,(H2,31,34,36)(H2,32,38,39). The van der Waals surface area contributed by atoms with E-state index in [9.17, 15) is 18.0 Å². The molecule has 42 heavy (non-hydrogen) atoms. The monoisotopic (exact) mass is 587 g/mol. The number of primary sulfonamides is 1. The van der Waals surface area contributed by atoms with Crippen molar-refractivity contribution in [3.05, 3.63) is 114 Å². The number of benzene rings is 3. The number of carbonyl (C=O) groups excluding carboxylic acids is 2. The normalized spacial score (nSPS) is 11.7. The van der Waals surface area contributed by atoms with Crippen LogP contribution in [-0.4, -0.2) is 43.4 Å². The maximum Gasteiger partial charge on any atom is 0.415 e. The first-order chi connectivity index (χ1) is 20.0. The van der Waals surface area contributed by atoms with Crippen LogP contribution in [0.1, 0.15) is 29.8 Å². The number of alkyl carbamates (subject to hydrolysis) is 1. The molecule has 0 fully saturated rings. The van der Waals surface area contributed by atoms with Crippen molar-refractivity contribution in [1.29, 1.82) is 5.41 Å². The maximum atomic E-state index is 12.7. The molecule has 1 aromatic heterocycles. The second kappa shape index (κ2) is 13.1. The van der Waals surface area contributed by atoms with Crippen LogP contribution in [0.4, 0.5) is 9.59 Å². The van der Waals surface area contributed by atoms with E-state index >= 15 is 0 Å². The lowest BCUT2D eigenvalue weighted by Gasteiger charge is -2.18. The van der Waals surface area contributed by atoms with Crippen LogP contribution in [0.2, 0.25) is 0 Å². The van der Waals surface area contributed by atoms with Gasteiger partial charge in [0, 0.05) is 30.9 Å². The highest BCUT2D eigenvalue weighted by atomic mass is 32.2. The van der Waals surface area contributed by atoms with Crippen LogP contribution in [0.25, 0.3) is 11.1 Å². The number of nitrogens with zero attached hydrogens (tertiary/aromatic N) is 2. The number of rotatable bonds is 8. The van der Waals surface area contributed by atoms with Gasteiger partial charge in [-0.2, -0.15) is 0 Å². The fourth-order valence-electron chi connectivity index (χ4n) is 4.04. The Labute approximate surface area is 243 Å². The zero-order chi connectivity index (χ0) is 30.3. The molecule has 216 valence electrons. The molecule has 1 atom stereocenters. The lowest BCUT2D eigenvalue weighted by molar-refractivity contribution is 0.110. The fourth-order valence-corrected chi connectivity index (χ4v) is 4.80. The SMILES string of the molecule is CC(OC(=O)NC(=N)c1cccc(CN(C)C(=O)Oc2ccc(-c3ccccc3S(N)(=O)=O)cc2)c1)c1ccccn1. The Morgan fingerprint density at radius 1 is 1.00 bits per heavy atom. The molecule has 3 aromatic carbocycles. The fraction of sp³-hybridized carbons (Fsp3) is 0.133. The highest BCUT2D eigenvalue weighted by Gasteiger charge is 2.17. The first-order valence-corrected chi connectivity index (χ1v) is 14.3. The molecule has 0 aliphatic carbocycles. The molecule has 12 heteroatoms. The van der Waals surface area contributed by atoms with Crippen molar-refractivity contribution < 1.29 is 27.5 Å². The first kappa shape index (κ1) is 29.9. The van der Waals surface area contributed by atoms with Crippen LogP contribution < -0.4 is 15.2 Å². The highest BCUT2D eigenvalue weighted by molar-refractivity contribution is 7.89. The van der Waals surface area contributed by atoms with Gasteiger partial charge >= 0.3 is 12.2 Å². The Morgan fingerprint density at radius 3 is 2.40 bits per heavy atom. The minimum Gasteiger partial charge on any atom is -0.440 e. The number of carbonyl (C=O) groups is 2. The minimum absolute atomic E-state index is 0.00377. The number of ether oxygens (including phenoxy) is 2. The predicted molar refractivity (Wildman–Crippen MR) is 156 cm³/mol. The van der Waals surface area contributed by atoms with E-state index < -0.39 is 28.3 Å². The average Bonchev–Trinajstić information content (AvgIpc) is 2.97. The lowest BCUT2D eigenvalue weighted by atomic mass is 10.1. The number of nitrogens with two attached hydrogens (primary N) is 1. The summed E-state index contributed by atoms with van der Waals surface area (Å²) in [7, 11) is -2.36. The average molecular weight is 588 g/mol. The largest absolute Gasteiger partial charge is 0.440 e. The van der Waals surface area contributed by atoms with Gasteiger partial charge in [0.15, 0.2) is 0 Å². The predicted octanol–water partition coefficient (Wildman–Crippen LogP) is 4.84. The van der Waals surface area contributed by atoms with Gasteiger partial charge in [-0.3, -0.25) is 15.7 Å². The molecule has 4 aromatic rings. The summed E-state index contributed by atoms with van der Waals surface area (Å²) in [5, 5.41) is 16.0. The maximum absolute atomic E-state index is 12.7. The third-order valence-electron chi connectivity index (χ3n) is 6.13. The first-order valence-electron chi connectivity index (χ1n) is 12.7. The molecule has 0 radical (unpaired) electrons. The molecular formula is C30H29N5O6S. The molecule has 0 bridgehead atoms. The summed E-state index contributed by atoms with van der Waals surface area (Å²) in [6, 6.07) is 24.8. The van der Waals surface area contributed by atoms with Crippen molar-refractivity contribution in [1.82, 2.24) is 15.2 Å². The van der Waals surface area contributed by atoms with E-state index in [0.29, 0.717) is 27.9 Å². The van der Waals surface area contributed by atoms with Gasteiger partial charge in [0.05, 0.1) is 10.6 Å². The number of hydrogen-bond donors (Lipinski definition) is 3. The number of amides is 2. The van der Waals surface area contributed by atoms with E-state index in [1.165, 1.54) is 11.0 Å². The summed E-state index contributed by atoms with van der Waals surface area (Å²) in [6.07, 6.45) is -0.413. The summed E-state index contributed by atoms with van der Waals surface area (Å²) in [5.74, 6) is 0.103. The van der Waals surface area contributed by atoms with Gasteiger partial charge in [-0.05, 0) is 54.4 Å². The van der Waals surface area contributed by atoms with Crippen molar-refractivity contribution in [2.45, 2.75) is 24.5 Å². The molecule has 1 heterocycles. The van der Waals surface area contributed by atoms with E-state index in [2.05, 4.69) is 10.3 Å². The van der Waals surface area contributed by atoms with Crippen molar-refractivity contribution in [2.75, 3.05) is 7.05 Å². The summed E-state index contributed by atoms with van der Waals surface area (Å²) in [6.45, 7) is 1.85. The summed E-state index contributed by atoms with van der Waals surface area (Å²) < 4.78 is 34.6. The number of sulfonamides is 1. The lowest BCUT2D eigenvalue weighted by Crippen LogP contribution is -2.32. The Hall–Kier alpha value is -5.07. The quantitative estimate of drug-likeness (QED) is 0.196. The van der Waals surface area contributed by atoms with E-state index in [0.717, 1.165) is 0 Å². The van der Waals surface area contributed by atoms with Gasteiger partial charge in [-0.1, -0.05) is 54.6 Å². The summed E-state index contributed by atoms with van der Waals surface area (Å²) in [4.78, 5) is 30.5. The topological polar surface area (TPSA) is 165 Å². The highest BCUT2D eigenvalue weighted by Crippen LogP contribution is 2.28. The third kappa shape index (κ3) is 7.77. The summed E-state index contributed by atoms with van der Waals surface area (Å²) in [5.41, 5.74) is 2.73. The van der Waals surface area contributed by atoms with E-state index in [-0.39, 0.29) is 23.0 Å². The minimum atomic E-state index is -3.92. The van der Waals surface area contributed by atoms with Crippen molar-refractivity contribution in [2.24, 2.45) is 5.14 Å². The van der Waals surface area contributed by atoms with Crippen LogP contribution >= 0.6 is 0 Å². The molecule has 0 aliphatic rings. The third-order valence-corrected chi connectivity index (χ3v) is 7.10. The molecular weight excluding hydrogens is 558 g/mol. The molecule has 4 rings (SSSR count). The smallest absolute Gasteiger partial charge is 0.415 e. The Kier molecular flexibility index (Phi) is 9.30. The molecule has 0 spiro atoms. The van der Waals surface area contributed by atoms with Crippen molar-refractivity contribution >= 4 is 28.0 Å². The molecule has 11 nitrogen and oxygen atoms in total. The zero-order valence-corrected chi connectivity index (χ0v) is 23.7.